The number of carbonyl (C=O) groups is 1. The molecule has 2 fully saturated rings. The molecule has 1 amide bonds. The summed E-state index contributed by atoms with van der Waals surface area (Å²) in [5.41, 5.74) is 0.123. The van der Waals surface area contributed by atoms with Crippen molar-refractivity contribution in [1.82, 2.24) is 4.90 Å². The van der Waals surface area contributed by atoms with Gasteiger partial charge < -0.3 is 15.0 Å². The molecule has 2 atom stereocenters. The van der Waals surface area contributed by atoms with Gasteiger partial charge in [-0.1, -0.05) is 0 Å². The number of amides is 1. The van der Waals surface area contributed by atoms with Gasteiger partial charge in [0.25, 0.3) is 0 Å². The van der Waals surface area contributed by atoms with E-state index in [-0.39, 0.29) is 30.3 Å². The highest BCUT2D eigenvalue weighted by Crippen LogP contribution is 2.36. The number of benzene rings is 1. The molecule has 0 spiro atoms. The Labute approximate surface area is 157 Å². The molecule has 0 radical (unpaired) electrons. The lowest BCUT2D eigenvalue weighted by Crippen LogP contribution is -2.48. The molecule has 0 saturated carbocycles. The Hall–Kier alpha value is -1.80. The third-order valence-electron chi connectivity index (χ3n) is 4.91. The van der Waals surface area contributed by atoms with Crippen LogP contribution in [0.1, 0.15) is 32.3 Å². The van der Waals surface area contributed by atoms with Gasteiger partial charge in [0.2, 0.25) is 5.91 Å². The third-order valence-corrected chi connectivity index (χ3v) is 4.91. The van der Waals surface area contributed by atoms with Crippen molar-refractivity contribution in [3.63, 3.8) is 0 Å². The van der Waals surface area contributed by atoms with Crippen molar-refractivity contribution in [3.05, 3.63) is 23.8 Å². The number of ether oxygens (including phenoxy) is 1. The molecular formula is C19H26F3N3O2. The Kier molecular flexibility index (Phi) is 5.95. The molecule has 5 nitrogen and oxygen atoms in total. The second-order valence-electron chi connectivity index (χ2n) is 7.42. The highest BCUT2D eigenvalue weighted by Gasteiger charge is 2.32. The van der Waals surface area contributed by atoms with Crippen LogP contribution >= 0.6 is 0 Å². The van der Waals surface area contributed by atoms with E-state index in [0.717, 1.165) is 38.1 Å². The molecular weight excluding hydrogens is 359 g/mol. The van der Waals surface area contributed by atoms with Crippen LogP contribution in [0.3, 0.4) is 0 Å². The molecule has 0 aliphatic carbocycles. The van der Waals surface area contributed by atoms with Gasteiger partial charge in [0.05, 0.1) is 35.7 Å². The van der Waals surface area contributed by atoms with Gasteiger partial charge in [0, 0.05) is 26.2 Å². The number of morpholine rings is 1. The zero-order valence-electron chi connectivity index (χ0n) is 15.7. The van der Waals surface area contributed by atoms with Crippen molar-refractivity contribution in [2.75, 3.05) is 42.9 Å². The first kappa shape index (κ1) is 19.9. The maximum atomic E-state index is 13.1. The van der Waals surface area contributed by atoms with Crippen LogP contribution in [0.15, 0.2) is 18.2 Å². The Morgan fingerprint density at radius 2 is 1.81 bits per heavy atom. The number of hydrogen-bond acceptors (Lipinski definition) is 4. The summed E-state index contributed by atoms with van der Waals surface area (Å²) in [6.07, 6.45) is -2.40. The SMILES string of the molecule is C[C@@H]1CN(CC(=O)Nc2cc(C(F)(F)F)ccc2N2CCCC2)C[C@H](C)O1. The number of anilines is 2. The van der Waals surface area contributed by atoms with Crippen LogP contribution in [-0.2, 0) is 15.7 Å². The van der Waals surface area contributed by atoms with Gasteiger partial charge >= 0.3 is 6.18 Å². The van der Waals surface area contributed by atoms with Crippen LogP contribution in [0, 0.1) is 0 Å². The summed E-state index contributed by atoms with van der Waals surface area (Å²) >= 11 is 0. The molecule has 2 saturated heterocycles. The summed E-state index contributed by atoms with van der Waals surface area (Å²) in [4.78, 5) is 16.5. The fourth-order valence-electron chi connectivity index (χ4n) is 3.85. The predicted octanol–water partition coefficient (Wildman–Crippen LogP) is 3.35. The molecule has 2 aliphatic heterocycles. The molecule has 27 heavy (non-hydrogen) atoms. The second kappa shape index (κ2) is 8.06. The minimum absolute atomic E-state index is 0.0234. The maximum absolute atomic E-state index is 13.1. The lowest BCUT2D eigenvalue weighted by Gasteiger charge is -2.34. The first-order valence-corrected chi connectivity index (χ1v) is 9.36. The Morgan fingerprint density at radius 3 is 2.41 bits per heavy atom. The molecule has 0 aromatic heterocycles. The maximum Gasteiger partial charge on any atom is 0.416 e. The van der Waals surface area contributed by atoms with Gasteiger partial charge in [-0.2, -0.15) is 13.2 Å². The van der Waals surface area contributed by atoms with Crippen LogP contribution < -0.4 is 10.2 Å². The Bertz CT molecular complexity index is 665. The van der Waals surface area contributed by atoms with E-state index in [9.17, 15) is 18.0 Å². The summed E-state index contributed by atoms with van der Waals surface area (Å²) < 4.78 is 45.0. The molecule has 2 heterocycles. The first-order valence-electron chi connectivity index (χ1n) is 9.36. The fraction of sp³-hybridized carbons (Fsp3) is 0.632. The lowest BCUT2D eigenvalue weighted by molar-refractivity contribution is -0.137. The number of halogens is 3. The van der Waals surface area contributed by atoms with Gasteiger partial charge in [-0.25, -0.2) is 0 Å². The van der Waals surface area contributed by atoms with E-state index in [1.807, 2.05) is 23.6 Å². The van der Waals surface area contributed by atoms with Crippen LogP contribution in [0.5, 0.6) is 0 Å². The van der Waals surface area contributed by atoms with E-state index >= 15 is 0 Å². The second-order valence-corrected chi connectivity index (χ2v) is 7.42. The van der Waals surface area contributed by atoms with Gasteiger partial charge in [0.1, 0.15) is 0 Å². The van der Waals surface area contributed by atoms with Crippen LogP contribution in [0.2, 0.25) is 0 Å². The largest absolute Gasteiger partial charge is 0.416 e. The number of alkyl halides is 3. The quantitative estimate of drug-likeness (QED) is 0.863. The number of rotatable bonds is 4. The van der Waals surface area contributed by atoms with Crippen LogP contribution in [0.25, 0.3) is 0 Å². The van der Waals surface area contributed by atoms with E-state index in [0.29, 0.717) is 18.8 Å². The third kappa shape index (κ3) is 5.13. The molecule has 8 heteroatoms. The summed E-state index contributed by atoms with van der Waals surface area (Å²) in [5.74, 6) is -0.309. The number of hydrogen-bond donors (Lipinski definition) is 1. The average molecular weight is 385 g/mol. The minimum Gasteiger partial charge on any atom is -0.373 e. The highest BCUT2D eigenvalue weighted by molar-refractivity contribution is 5.95. The standard InChI is InChI=1S/C19H26F3N3O2/c1-13-10-24(11-14(2)27-13)12-18(26)23-16-9-15(19(20,21)22)5-6-17(16)25-7-3-4-8-25/h5-6,9,13-14H,3-4,7-8,10-12H2,1-2H3,(H,23,26)/t13-,14+. The van der Waals surface area contributed by atoms with E-state index in [1.165, 1.54) is 6.07 Å². The van der Waals surface area contributed by atoms with E-state index in [2.05, 4.69) is 5.32 Å². The van der Waals surface area contributed by atoms with Crippen molar-refractivity contribution in [2.24, 2.45) is 0 Å². The molecule has 1 N–H and O–H groups in total. The van der Waals surface area contributed by atoms with Crippen molar-refractivity contribution in [3.8, 4) is 0 Å². The fourth-order valence-corrected chi connectivity index (χ4v) is 3.85. The molecule has 3 rings (SSSR count). The molecule has 1 aromatic carbocycles. The lowest BCUT2D eigenvalue weighted by atomic mass is 10.1. The van der Waals surface area contributed by atoms with Crippen molar-refractivity contribution >= 4 is 17.3 Å². The monoisotopic (exact) mass is 385 g/mol. The Balaban J connectivity index is 1.75. The van der Waals surface area contributed by atoms with Gasteiger partial charge in [-0.05, 0) is 44.9 Å². The summed E-state index contributed by atoms with van der Waals surface area (Å²) in [6, 6.07) is 3.58. The molecule has 1 aromatic rings. The normalized spacial score (nSPS) is 24.3. The summed E-state index contributed by atoms with van der Waals surface area (Å²) in [5, 5.41) is 2.71. The van der Waals surface area contributed by atoms with Gasteiger partial charge in [-0.3, -0.25) is 9.69 Å². The Morgan fingerprint density at radius 1 is 1.19 bits per heavy atom. The van der Waals surface area contributed by atoms with Crippen molar-refractivity contribution in [1.29, 1.82) is 0 Å². The smallest absolute Gasteiger partial charge is 0.373 e. The van der Waals surface area contributed by atoms with Gasteiger partial charge in [0.15, 0.2) is 0 Å². The zero-order chi connectivity index (χ0) is 19.6. The van der Waals surface area contributed by atoms with E-state index < -0.39 is 11.7 Å². The highest BCUT2D eigenvalue weighted by atomic mass is 19.4. The average Bonchev–Trinajstić information content (AvgIpc) is 3.07. The molecule has 2 aliphatic rings. The molecule has 0 unspecified atom stereocenters. The van der Waals surface area contributed by atoms with Gasteiger partial charge in [-0.15, -0.1) is 0 Å². The van der Waals surface area contributed by atoms with E-state index in [4.69, 9.17) is 4.74 Å². The van der Waals surface area contributed by atoms with E-state index in [1.54, 1.807) is 0 Å². The number of nitrogens with zero attached hydrogens (tertiary/aromatic N) is 2. The predicted molar refractivity (Wildman–Crippen MR) is 98.0 cm³/mol. The minimum atomic E-state index is -4.45. The molecule has 0 bridgehead atoms. The first-order chi connectivity index (χ1) is 12.7. The summed E-state index contributed by atoms with van der Waals surface area (Å²) in [6.45, 7) is 6.84. The van der Waals surface area contributed by atoms with Crippen LogP contribution in [0.4, 0.5) is 24.5 Å². The number of carbonyl (C=O) groups excluding carboxylic acids is 1. The van der Waals surface area contributed by atoms with Crippen molar-refractivity contribution in [2.45, 2.75) is 45.1 Å². The van der Waals surface area contributed by atoms with Crippen molar-refractivity contribution < 1.29 is 22.7 Å². The van der Waals surface area contributed by atoms with Crippen LogP contribution in [-0.4, -0.2) is 55.7 Å². The number of nitrogens with one attached hydrogen (secondary N) is 1. The zero-order valence-corrected chi connectivity index (χ0v) is 15.7. The summed E-state index contributed by atoms with van der Waals surface area (Å²) in [7, 11) is 0. The topological polar surface area (TPSA) is 44.8 Å². The molecule has 150 valence electrons.